The van der Waals surface area contributed by atoms with Crippen LogP contribution in [0.5, 0.6) is 0 Å². The average Bonchev–Trinajstić information content (AvgIpc) is 3.39. The van der Waals surface area contributed by atoms with E-state index in [1.165, 1.54) is 56.4 Å². The Balaban J connectivity index is 1.30. The van der Waals surface area contributed by atoms with Gasteiger partial charge in [-0.15, -0.1) is 0 Å². The first-order valence-corrected chi connectivity index (χ1v) is 13.7. The number of carbonyl (C=O) groups is 3. The number of carboxylic acid groups (broad SMARTS) is 1. The van der Waals surface area contributed by atoms with Gasteiger partial charge in [-0.1, -0.05) is 37.8 Å². The van der Waals surface area contributed by atoms with Crippen molar-refractivity contribution in [1.82, 2.24) is 15.5 Å². The second kappa shape index (κ2) is 12.7. The fourth-order valence-corrected chi connectivity index (χ4v) is 6.63. The minimum absolute atomic E-state index is 0.0410. The lowest BCUT2D eigenvalue weighted by Crippen LogP contribution is -2.47. The molecule has 0 bridgehead atoms. The van der Waals surface area contributed by atoms with E-state index in [0.29, 0.717) is 18.0 Å². The molecule has 8 heteroatoms. The molecule has 1 aliphatic carbocycles. The van der Waals surface area contributed by atoms with Gasteiger partial charge < -0.3 is 20.6 Å². The van der Waals surface area contributed by atoms with Crippen LogP contribution in [0.4, 0.5) is 4.39 Å². The van der Waals surface area contributed by atoms with Gasteiger partial charge in [0.25, 0.3) is 0 Å². The van der Waals surface area contributed by atoms with Gasteiger partial charge in [-0.25, -0.2) is 4.39 Å². The number of hydrogen-bond acceptors (Lipinski definition) is 4. The summed E-state index contributed by atoms with van der Waals surface area (Å²) in [5.41, 5.74) is 0.522. The molecule has 2 heterocycles. The van der Waals surface area contributed by atoms with Crippen LogP contribution in [0.15, 0.2) is 24.3 Å². The molecule has 3 aliphatic rings. The van der Waals surface area contributed by atoms with E-state index in [4.69, 9.17) is 0 Å². The second-order valence-corrected chi connectivity index (χ2v) is 10.9. The van der Waals surface area contributed by atoms with Crippen molar-refractivity contribution in [1.29, 1.82) is 0 Å². The summed E-state index contributed by atoms with van der Waals surface area (Å²) in [6.45, 7) is 2.63. The van der Waals surface area contributed by atoms with E-state index in [1.54, 1.807) is 4.90 Å². The number of nitrogens with zero attached hydrogens (tertiary/aromatic N) is 1. The fourth-order valence-electron chi connectivity index (χ4n) is 6.63. The van der Waals surface area contributed by atoms with Crippen LogP contribution in [0.2, 0.25) is 0 Å². The Hall–Kier alpha value is -2.48. The number of halogens is 1. The highest BCUT2D eigenvalue weighted by Crippen LogP contribution is 2.40. The first-order valence-electron chi connectivity index (χ1n) is 13.7. The Morgan fingerprint density at radius 1 is 1.08 bits per heavy atom. The lowest BCUT2D eigenvalue weighted by Gasteiger charge is -2.38. The van der Waals surface area contributed by atoms with Gasteiger partial charge in [-0.3, -0.25) is 14.4 Å². The first-order chi connectivity index (χ1) is 17.4. The number of piperidine rings is 2. The minimum atomic E-state index is -1.06. The van der Waals surface area contributed by atoms with Crippen molar-refractivity contribution in [2.24, 2.45) is 23.7 Å². The molecule has 4 rings (SSSR count). The van der Waals surface area contributed by atoms with Crippen molar-refractivity contribution < 1.29 is 23.9 Å². The van der Waals surface area contributed by atoms with Crippen molar-refractivity contribution in [3.63, 3.8) is 0 Å². The Labute approximate surface area is 213 Å². The van der Waals surface area contributed by atoms with Gasteiger partial charge in [0.15, 0.2) is 0 Å². The first kappa shape index (κ1) is 26.6. The van der Waals surface area contributed by atoms with E-state index < -0.39 is 17.8 Å². The maximum absolute atomic E-state index is 13.3. The molecule has 0 aromatic heterocycles. The van der Waals surface area contributed by atoms with Crippen LogP contribution in [0.3, 0.4) is 0 Å². The van der Waals surface area contributed by atoms with Gasteiger partial charge >= 0.3 is 5.97 Å². The number of benzene rings is 1. The number of hydrogen-bond donors (Lipinski definition) is 3. The van der Waals surface area contributed by atoms with Crippen LogP contribution >= 0.6 is 0 Å². The normalized spacial score (nSPS) is 26.1. The summed E-state index contributed by atoms with van der Waals surface area (Å²) in [5.74, 6) is 0.338. The zero-order chi connectivity index (χ0) is 25.5. The molecule has 2 amide bonds. The lowest BCUT2D eigenvalue weighted by atomic mass is 9.73. The van der Waals surface area contributed by atoms with Crippen LogP contribution in [-0.2, 0) is 14.4 Å². The highest BCUT2D eigenvalue weighted by molar-refractivity contribution is 5.86. The summed E-state index contributed by atoms with van der Waals surface area (Å²) in [6, 6.07) is 4.66. The van der Waals surface area contributed by atoms with Crippen molar-refractivity contribution in [3.05, 3.63) is 35.6 Å². The van der Waals surface area contributed by atoms with Crippen LogP contribution < -0.4 is 10.6 Å². The summed E-state index contributed by atoms with van der Waals surface area (Å²) in [6.07, 6.45) is 9.94. The number of rotatable bonds is 10. The Kier molecular flexibility index (Phi) is 9.35. The molecule has 198 valence electrons. The Morgan fingerprint density at radius 3 is 2.56 bits per heavy atom. The molecule has 1 saturated carbocycles. The molecule has 2 saturated heterocycles. The van der Waals surface area contributed by atoms with Crippen LogP contribution in [-0.4, -0.2) is 54.0 Å². The van der Waals surface area contributed by atoms with Crippen molar-refractivity contribution in [3.8, 4) is 0 Å². The number of likely N-dealkylation sites (tertiary alicyclic amines) is 1. The van der Waals surface area contributed by atoms with E-state index in [1.807, 2.05) is 0 Å². The predicted octanol–water partition coefficient (Wildman–Crippen LogP) is 3.89. The zero-order valence-corrected chi connectivity index (χ0v) is 21.1. The quantitative estimate of drug-likeness (QED) is 0.452. The molecule has 4 unspecified atom stereocenters. The number of carbonyl (C=O) groups excluding carboxylic acids is 2. The molecule has 2 aliphatic heterocycles. The Bertz CT molecular complexity index is 903. The van der Waals surface area contributed by atoms with Gasteiger partial charge in [0, 0.05) is 12.5 Å². The summed E-state index contributed by atoms with van der Waals surface area (Å²) in [5, 5.41) is 15.6. The van der Waals surface area contributed by atoms with Crippen molar-refractivity contribution in [2.75, 3.05) is 26.2 Å². The van der Waals surface area contributed by atoms with Crippen LogP contribution in [0, 0.1) is 29.5 Å². The standard InChI is InChI=1S/C28H40FN3O4/c29-23-11-9-21(10-12-23)25(16-27(34)35)31-26(33)18-32-15-3-6-22(28(32)36)8-7-20-13-14-30-17-24(20)19-4-1-2-5-19/h9-12,19-20,22,24-25,30H,1-8,13-18H2,(H,31,33)(H,34,35). The molecule has 1 aromatic carbocycles. The number of nitrogens with one attached hydrogen (secondary N) is 2. The smallest absolute Gasteiger partial charge is 0.305 e. The highest BCUT2D eigenvalue weighted by atomic mass is 19.1. The molecule has 4 atom stereocenters. The molecular weight excluding hydrogens is 461 g/mol. The molecule has 0 spiro atoms. The number of carboxylic acids is 1. The second-order valence-electron chi connectivity index (χ2n) is 10.9. The molecule has 0 radical (unpaired) electrons. The maximum atomic E-state index is 13.3. The highest BCUT2D eigenvalue weighted by Gasteiger charge is 2.35. The molecule has 7 nitrogen and oxygen atoms in total. The SMILES string of the molecule is O=C(O)CC(NC(=O)CN1CCCC(CCC2CCNCC2C2CCCC2)C1=O)c1ccc(F)cc1. The van der Waals surface area contributed by atoms with E-state index in [0.717, 1.165) is 50.6 Å². The molecule has 3 N–H and O–H groups in total. The zero-order valence-electron chi connectivity index (χ0n) is 21.1. The summed E-state index contributed by atoms with van der Waals surface area (Å²) in [4.78, 5) is 39.0. The monoisotopic (exact) mass is 501 g/mol. The Morgan fingerprint density at radius 2 is 1.83 bits per heavy atom. The number of amides is 2. The van der Waals surface area contributed by atoms with Gasteiger partial charge in [-0.05, 0) is 80.6 Å². The van der Waals surface area contributed by atoms with Crippen LogP contribution in [0.1, 0.15) is 75.8 Å². The summed E-state index contributed by atoms with van der Waals surface area (Å²) in [7, 11) is 0. The third-order valence-corrected chi connectivity index (χ3v) is 8.53. The third kappa shape index (κ3) is 7.05. The van der Waals surface area contributed by atoms with E-state index in [9.17, 15) is 23.9 Å². The number of aliphatic carboxylic acids is 1. The minimum Gasteiger partial charge on any atom is -0.481 e. The topological polar surface area (TPSA) is 98.7 Å². The van der Waals surface area contributed by atoms with Crippen molar-refractivity contribution in [2.45, 2.75) is 70.3 Å². The fraction of sp³-hybridized carbons (Fsp3) is 0.679. The average molecular weight is 502 g/mol. The molecule has 1 aromatic rings. The summed E-state index contributed by atoms with van der Waals surface area (Å²) >= 11 is 0. The van der Waals surface area contributed by atoms with Gasteiger partial charge in [0.05, 0.1) is 19.0 Å². The van der Waals surface area contributed by atoms with E-state index in [-0.39, 0.29) is 30.7 Å². The lowest BCUT2D eigenvalue weighted by molar-refractivity contribution is -0.143. The molecule has 36 heavy (non-hydrogen) atoms. The summed E-state index contributed by atoms with van der Waals surface area (Å²) < 4.78 is 13.3. The van der Waals surface area contributed by atoms with E-state index in [2.05, 4.69) is 10.6 Å². The van der Waals surface area contributed by atoms with Gasteiger partial charge in [0.2, 0.25) is 11.8 Å². The van der Waals surface area contributed by atoms with Crippen molar-refractivity contribution >= 4 is 17.8 Å². The molecular formula is C28H40FN3O4. The predicted molar refractivity (Wildman–Crippen MR) is 134 cm³/mol. The van der Waals surface area contributed by atoms with Gasteiger partial charge in [-0.2, -0.15) is 0 Å². The van der Waals surface area contributed by atoms with Gasteiger partial charge in [0.1, 0.15) is 5.82 Å². The molecule has 3 fully saturated rings. The maximum Gasteiger partial charge on any atom is 0.305 e. The largest absolute Gasteiger partial charge is 0.481 e. The van der Waals surface area contributed by atoms with Crippen LogP contribution in [0.25, 0.3) is 0 Å². The van der Waals surface area contributed by atoms with E-state index >= 15 is 0 Å². The third-order valence-electron chi connectivity index (χ3n) is 8.53.